The topological polar surface area (TPSA) is 98.3 Å². The quantitative estimate of drug-likeness (QED) is 0.239. The van der Waals surface area contributed by atoms with Crippen LogP contribution in [0.1, 0.15) is 33.6 Å². The number of rotatable bonds is 8. The van der Waals surface area contributed by atoms with Crippen LogP contribution in [-0.2, 0) is 9.59 Å². The molecule has 0 aliphatic heterocycles. The Morgan fingerprint density at radius 2 is 1.76 bits per heavy atom. The van der Waals surface area contributed by atoms with Gasteiger partial charge in [-0.2, -0.15) is 18.3 Å². The van der Waals surface area contributed by atoms with Gasteiger partial charge in [0, 0.05) is 26.2 Å². The number of carbonyl (C=O) groups excluding carboxylic acids is 1. The lowest BCUT2D eigenvalue weighted by atomic mass is 10.1. The highest BCUT2D eigenvalue weighted by atomic mass is 32.1. The number of aromatic amines is 1. The molecule has 37 heavy (non-hydrogen) atoms. The maximum Gasteiger partial charge on any atom is 0.490 e. The maximum atomic E-state index is 13.0. The Bertz CT molecular complexity index is 1330. The van der Waals surface area contributed by atoms with Crippen molar-refractivity contribution in [1.82, 2.24) is 15.1 Å². The number of amides is 1. The molecule has 198 valence electrons. The Hall–Kier alpha value is -3.44. The first-order valence-corrected chi connectivity index (χ1v) is 12.7. The molecule has 7 nitrogen and oxygen atoms in total. The summed E-state index contributed by atoms with van der Waals surface area (Å²) in [6.07, 6.45) is -1.20. The fourth-order valence-corrected chi connectivity index (χ4v) is 5.01. The molecule has 2 aromatic heterocycles. The monoisotopic (exact) mass is 534 g/mol. The molecule has 2 heterocycles. The molecule has 0 radical (unpaired) electrons. The van der Waals surface area contributed by atoms with E-state index in [1.54, 1.807) is 11.3 Å². The summed E-state index contributed by atoms with van der Waals surface area (Å²) in [4.78, 5) is 25.3. The van der Waals surface area contributed by atoms with Crippen molar-refractivity contribution in [3.8, 4) is 10.4 Å². The first-order valence-electron chi connectivity index (χ1n) is 11.9. The highest BCUT2D eigenvalue weighted by Crippen LogP contribution is 2.38. The molecule has 0 aliphatic carbocycles. The van der Waals surface area contributed by atoms with Gasteiger partial charge in [-0.25, -0.2) is 4.79 Å². The molecule has 0 bridgehead atoms. The van der Waals surface area contributed by atoms with Crippen molar-refractivity contribution in [3.05, 3.63) is 48.7 Å². The molecule has 1 amide bonds. The molecule has 0 saturated heterocycles. The van der Waals surface area contributed by atoms with E-state index in [1.807, 2.05) is 19.2 Å². The van der Waals surface area contributed by atoms with E-state index in [4.69, 9.17) is 9.90 Å². The largest absolute Gasteiger partial charge is 0.490 e. The third-order valence-corrected chi connectivity index (χ3v) is 6.85. The van der Waals surface area contributed by atoms with Crippen molar-refractivity contribution in [2.75, 3.05) is 18.4 Å². The van der Waals surface area contributed by atoms with Crippen molar-refractivity contribution in [2.45, 2.75) is 45.8 Å². The van der Waals surface area contributed by atoms with Crippen molar-refractivity contribution in [2.24, 2.45) is 0 Å². The lowest BCUT2D eigenvalue weighted by Gasteiger charge is -2.27. The normalized spacial score (nSPS) is 12.4. The molecule has 0 aliphatic rings. The Morgan fingerprint density at radius 3 is 2.35 bits per heavy atom. The SMILES string of the molecule is CCCN(CCC)[C@@H](C)C(=O)Nc1cc(-c2cc3ccccc3s2)c2[nH]ncc2c1.O=C(O)C(F)(F)F. The summed E-state index contributed by atoms with van der Waals surface area (Å²) in [6, 6.07) is 14.5. The molecular weight excluding hydrogens is 505 g/mol. The van der Waals surface area contributed by atoms with Crippen molar-refractivity contribution >= 4 is 49.9 Å². The van der Waals surface area contributed by atoms with Crippen molar-refractivity contribution in [3.63, 3.8) is 0 Å². The molecule has 1 atom stereocenters. The zero-order valence-corrected chi connectivity index (χ0v) is 21.5. The standard InChI is InChI=1S/C24H28N4OS.C2HF3O2/c1-4-10-28(11-5-2)16(3)24(29)26-19-12-18-15-25-27-23(18)20(14-19)22-13-17-8-6-7-9-21(17)30-22;3-2(4,5)1(6)7/h6-9,12-16H,4-5,10-11H2,1-3H3,(H,25,27)(H,26,29);(H,6,7)/t16-;/m0./s1. The van der Waals surface area contributed by atoms with Crippen LogP contribution in [0.3, 0.4) is 0 Å². The minimum absolute atomic E-state index is 0.0297. The van der Waals surface area contributed by atoms with Gasteiger partial charge in [-0.05, 0) is 62.5 Å². The first kappa shape index (κ1) is 28.1. The van der Waals surface area contributed by atoms with Gasteiger partial charge in [0.1, 0.15) is 0 Å². The van der Waals surface area contributed by atoms with Crippen LogP contribution < -0.4 is 5.32 Å². The fraction of sp³-hybridized carbons (Fsp3) is 0.346. The van der Waals surface area contributed by atoms with Crippen molar-refractivity contribution in [1.29, 1.82) is 0 Å². The number of benzene rings is 2. The number of anilines is 1. The summed E-state index contributed by atoms with van der Waals surface area (Å²) >= 11 is 1.75. The van der Waals surface area contributed by atoms with E-state index in [1.165, 1.54) is 10.1 Å². The number of aromatic nitrogens is 2. The average Bonchev–Trinajstić information content (AvgIpc) is 3.49. The average molecular weight is 535 g/mol. The van der Waals surface area contributed by atoms with Crippen LogP contribution in [0.5, 0.6) is 0 Å². The number of thiophene rings is 1. The molecule has 0 unspecified atom stereocenters. The number of nitrogens with zero attached hydrogens (tertiary/aromatic N) is 2. The van der Waals surface area contributed by atoms with Crippen molar-refractivity contribution < 1.29 is 27.9 Å². The number of carboxylic acids is 1. The Morgan fingerprint density at radius 1 is 1.11 bits per heavy atom. The number of nitrogens with one attached hydrogen (secondary N) is 2. The number of hydrogen-bond donors (Lipinski definition) is 3. The van der Waals surface area contributed by atoms with E-state index in [0.717, 1.165) is 53.0 Å². The Labute approximate surface area is 216 Å². The summed E-state index contributed by atoms with van der Waals surface area (Å²) in [7, 11) is 0. The molecule has 11 heteroatoms. The van der Waals surface area contributed by atoms with Gasteiger partial charge in [0.2, 0.25) is 5.91 Å². The van der Waals surface area contributed by atoms with E-state index in [0.29, 0.717) is 0 Å². The van der Waals surface area contributed by atoms with Crippen LogP contribution in [-0.4, -0.2) is 57.4 Å². The summed E-state index contributed by atoms with van der Waals surface area (Å²) in [5.74, 6) is -2.73. The Balaban J connectivity index is 0.000000479. The third-order valence-electron chi connectivity index (χ3n) is 5.70. The third kappa shape index (κ3) is 7.07. The number of carbonyl (C=O) groups is 2. The molecule has 0 spiro atoms. The van der Waals surface area contributed by atoms with Crippen LogP contribution in [0, 0.1) is 0 Å². The van der Waals surface area contributed by atoms with Gasteiger partial charge in [-0.1, -0.05) is 32.0 Å². The molecular formula is C26H29F3N4O3S. The number of fused-ring (bicyclic) bond motifs is 2. The first-order chi connectivity index (χ1) is 17.5. The van der Waals surface area contributed by atoms with E-state index in [2.05, 4.69) is 70.7 Å². The maximum absolute atomic E-state index is 13.0. The number of carboxylic acid groups (broad SMARTS) is 1. The fourth-order valence-electron chi connectivity index (χ4n) is 3.92. The smallest absolute Gasteiger partial charge is 0.475 e. The molecule has 0 fully saturated rings. The second-order valence-corrected chi connectivity index (χ2v) is 9.59. The highest BCUT2D eigenvalue weighted by Gasteiger charge is 2.38. The van der Waals surface area contributed by atoms with E-state index < -0.39 is 12.1 Å². The lowest BCUT2D eigenvalue weighted by molar-refractivity contribution is -0.192. The molecule has 0 saturated carbocycles. The van der Waals surface area contributed by atoms with Crippen LogP contribution in [0.15, 0.2) is 48.7 Å². The summed E-state index contributed by atoms with van der Waals surface area (Å²) in [5.41, 5.74) is 2.86. The predicted octanol–water partition coefficient (Wildman–Crippen LogP) is 6.53. The zero-order chi connectivity index (χ0) is 27.2. The van der Waals surface area contributed by atoms with Crippen LogP contribution in [0.25, 0.3) is 31.4 Å². The molecule has 3 N–H and O–H groups in total. The number of H-pyrrole nitrogens is 1. The van der Waals surface area contributed by atoms with Gasteiger partial charge < -0.3 is 10.4 Å². The minimum atomic E-state index is -5.08. The van der Waals surface area contributed by atoms with Crippen LogP contribution in [0.2, 0.25) is 0 Å². The number of aliphatic carboxylic acids is 1. The van der Waals surface area contributed by atoms with Gasteiger partial charge in [-0.15, -0.1) is 11.3 Å². The highest BCUT2D eigenvalue weighted by molar-refractivity contribution is 7.22. The predicted molar refractivity (Wildman–Crippen MR) is 141 cm³/mol. The second kappa shape index (κ2) is 12.2. The van der Waals surface area contributed by atoms with E-state index in [9.17, 15) is 18.0 Å². The van der Waals surface area contributed by atoms with Gasteiger partial charge >= 0.3 is 12.1 Å². The second-order valence-electron chi connectivity index (χ2n) is 8.51. The molecule has 4 rings (SSSR count). The van der Waals surface area contributed by atoms with E-state index in [-0.39, 0.29) is 11.9 Å². The van der Waals surface area contributed by atoms with Crippen LogP contribution >= 0.6 is 11.3 Å². The number of hydrogen-bond acceptors (Lipinski definition) is 5. The number of alkyl halides is 3. The van der Waals surface area contributed by atoms with E-state index >= 15 is 0 Å². The molecule has 4 aromatic rings. The summed E-state index contributed by atoms with van der Waals surface area (Å²) in [6.45, 7) is 8.14. The van der Waals surface area contributed by atoms with Gasteiger partial charge in [0.15, 0.2) is 0 Å². The summed E-state index contributed by atoms with van der Waals surface area (Å²) in [5, 5.41) is 19.8. The van der Waals surface area contributed by atoms with Gasteiger partial charge in [0.05, 0.1) is 17.8 Å². The minimum Gasteiger partial charge on any atom is -0.475 e. The van der Waals surface area contributed by atoms with Gasteiger partial charge in [0.25, 0.3) is 0 Å². The van der Waals surface area contributed by atoms with Gasteiger partial charge in [-0.3, -0.25) is 14.8 Å². The summed E-state index contributed by atoms with van der Waals surface area (Å²) < 4.78 is 33.0. The lowest BCUT2D eigenvalue weighted by Crippen LogP contribution is -2.42. The zero-order valence-electron chi connectivity index (χ0n) is 20.7. The van der Waals surface area contributed by atoms with Crippen LogP contribution in [0.4, 0.5) is 18.9 Å². The number of halogens is 3. The Kier molecular flexibility index (Phi) is 9.28. The molecule has 2 aromatic carbocycles.